The van der Waals surface area contributed by atoms with Crippen molar-refractivity contribution in [2.24, 2.45) is 0 Å². The van der Waals surface area contributed by atoms with Gasteiger partial charge in [0.1, 0.15) is 18.2 Å². The van der Waals surface area contributed by atoms with Gasteiger partial charge < -0.3 is 19.7 Å². The lowest BCUT2D eigenvalue weighted by Gasteiger charge is -2.14. The molecule has 2 N–H and O–H groups in total. The minimum Gasteiger partial charge on any atom is -0.454 e. The zero-order valence-corrected chi connectivity index (χ0v) is 13.1. The van der Waals surface area contributed by atoms with Crippen LogP contribution in [0, 0.1) is 11.6 Å². The average Bonchev–Trinajstić information content (AvgIpc) is 2.98. The van der Waals surface area contributed by atoms with E-state index < -0.39 is 17.5 Å². The smallest absolute Gasteiger partial charge is 0.279 e. The molecule has 0 saturated heterocycles. The molecule has 1 heterocycles. The van der Waals surface area contributed by atoms with Gasteiger partial charge >= 0.3 is 0 Å². The van der Waals surface area contributed by atoms with Crippen LogP contribution in [0.2, 0.25) is 0 Å². The second-order valence-electron chi connectivity index (χ2n) is 5.67. The third-order valence-electron chi connectivity index (χ3n) is 3.61. The van der Waals surface area contributed by atoms with Crippen LogP contribution in [0.4, 0.5) is 14.5 Å². The molecule has 1 atom stereocenters. The van der Waals surface area contributed by atoms with Crippen molar-refractivity contribution in [1.29, 1.82) is 0 Å². The molecule has 0 fully saturated rings. The predicted octanol–water partition coefficient (Wildman–Crippen LogP) is 1.35. The molecular formula is C17H17F2N2O3+. The molecule has 0 aliphatic carbocycles. The van der Waals surface area contributed by atoms with E-state index >= 15 is 0 Å². The number of halogens is 2. The van der Waals surface area contributed by atoms with E-state index in [2.05, 4.69) is 5.32 Å². The van der Waals surface area contributed by atoms with Gasteiger partial charge in [-0.3, -0.25) is 4.79 Å². The molecular weight excluding hydrogens is 318 g/mol. The van der Waals surface area contributed by atoms with E-state index in [9.17, 15) is 13.6 Å². The van der Waals surface area contributed by atoms with Gasteiger partial charge in [0.15, 0.2) is 18.0 Å². The van der Waals surface area contributed by atoms with Gasteiger partial charge in [-0.05, 0) is 30.3 Å². The normalized spacial score (nSPS) is 13.6. The van der Waals surface area contributed by atoms with Gasteiger partial charge in [-0.2, -0.15) is 0 Å². The second kappa shape index (κ2) is 6.84. The van der Waals surface area contributed by atoms with Crippen LogP contribution >= 0.6 is 0 Å². The van der Waals surface area contributed by atoms with Gasteiger partial charge in [-0.1, -0.05) is 0 Å². The first kappa shape index (κ1) is 16.2. The number of rotatable bonds is 5. The number of hydrogen-bond acceptors (Lipinski definition) is 3. The molecule has 0 saturated carbocycles. The fourth-order valence-electron chi connectivity index (χ4n) is 2.52. The Bertz CT molecular complexity index is 767. The summed E-state index contributed by atoms with van der Waals surface area (Å²) in [6, 6.07) is 8.54. The summed E-state index contributed by atoms with van der Waals surface area (Å²) in [6.45, 7) is 0.906. The molecule has 2 aromatic rings. The summed E-state index contributed by atoms with van der Waals surface area (Å²) in [5.74, 6) is -0.272. The van der Waals surface area contributed by atoms with Crippen molar-refractivity contribution in [3.8, 4) is 11.5 Å². The molecule has 1 unspecified atom stereocenters. The summed E-state index contributed by atoms with van der Waals surface area (Å²) in [4.78, 5) is 12.9. The van der Waals surface area contributed by atoms with Crippen LogP contribution in [-0.4, -0.2) is 26.3 Å². The van der Waals surface area contributed by atoms with E-state index in [0.717, 1.165) is 28.7 Å². The lowest BCUT2D eigenvalue weighted by atomic mass is 10.2. The van der Waals surface area contributed by atoms with Gasteiger partial charge in [0.25, 0.3) is 5.91 Å². The third-order valence-corrected chi connectivity index (χ3v) is 3.61. The van der Waals surface area contributed by atoms with Crippen molar-refractivity contribution in [3.63, 3.8) is 0 Å². The van der Waals surface area contributed by atoms with Crippen molar-refractivity contribution >= 4 is 11.6 Å². The molecule has 1 aliphatic heterocycles. The molecule has 24 heavy (non-hydrogen) atoms. The number of ether oxygens (including phenoxy) is 2. The molecule has 7 heteroatoms. The highest BCUT2D eigenvalue weighted by atomic mass is 19.1. The number of hydrogen-bond donors (Lipinski definition) is 2. The standard InChI is InChI=1S/C17H16F2N2O3/c1-21(8-11-2-5-15-16(6-11)24-10-23-15)9-17(22)20-14-7-12(18)3-4-13(14)19/h2-7H,8-10H2,1H3,(H,20,22)/p+1. The van der Waals surface area contributed by atoms with Crippen LogP contribution in [0.1, 0.15) is 5.56 Å². The number of benzene rings is 2. The molecule has 0 aromatic heterocycles. The van der Waals surface area contributed by atoms with Crippen LogP contribution in [0.25, 0.3) is 0 Å². The van der Waals surface area contributed by atoms with Gasteiger partial charge in [-0.25, -0.2) is 8.78 Å². The van der Waals surface area contributed by atoms with Crippen molar-refractivity contribution < 1.29 is 27.9 Å². The van der Waals surface area contributed by atoms with Crippen molar-refractivity contribution in [2.75, 3.05) is 25.7 Å². The predicted molar refractivity (Wildman–Crippen MR) is 83.0 cm³/mol. The maximum absolute atomic E-state index is 13.5. The summed E-state index contributed by atoms with van der Waals surface area (Å²) in [6.07, 6.45) is 0. The topological polar surface area (TPSA) is 52.0 Å². The fraction of sp³-hybridized carbons (Fsp3) is 0.235. The summed E-state index contributed by atoms with van der Waals surface area (Å²) in [5.41, 5.74) is 0.831. The minimum atomic E-state index is -0.668. The highest BCUT2D eigenvalue weighted by Crippen LogP contribution is 2.32. The van der Waals surface area contributed by atoms with Gasteiger partial charge in [0.05, 0.1) is 12.7 Å². The maximum atomic E-state index is 13.5. The van der Waals surface area contributed by atoms with E-state index in [-0.39, 0.29) is 19.0 Å². The fourth-order valence-corrected chi connectivity index (χ4v) is 2.52. The quantitative estimate of drug-likeness (QED) is 0.867. The van der Waals surface area contributed by atoms with E-state index in [1.54, 1.807) is 0 Å². The Labute approximate surface area is 137 Å². The Kier molecular flexibility index (Phi) is 4.61. The first-order chi connectivity index (χ1) is 11.5. The van der Waals surface area contributed by atoms with Crippen LogP contribution in [-0.2, 0) is 11.3 Å². The van der Waals surface area contributed by atoms with Gasteiger partial charge in [0, 0.05) is 11.6 Å². The lowest BCUT2D eigenvalue weighted by molar-refractivity contribution is -0.885. The Morgan fingerprint density at radius 3 is 2.79 bits per heavy atom. The highest BCUT2D eigenvalue weighted by molar-refractivity contribution is 5.91. The Hall–Kier alpha value is -2.67. The number of carbonyl (C=O) groups excluding carboxylic acids is 1. The summed E-state index contributed by atoms with van der Waals surface area (Å²) < 4.78 is 37.2. The Balaban J connectivity index is 1.57. The molecule has 1 amide bonds. The van der Waals surface area contributed by atoms with Crippen molar-refractivity contribution in [3.05, 3.63) is 53.6 Å². The molecule has 0 spiro atoms. The van der Waals surface area contributed by atoms with Crippen LogP contribution < -0.4 is 19.7 Å². The molecule has 1 aliphatic rings. The number of anilines is 1. The molecule has 2 aromatic carbocycles. The molecule has 5 nitrogen and oxygen atoms in total. The number of fused-ring (bicyclic) bond motifs is 1. The zero-order chi connectivity index (χ0) is 17.1. The maximum Gasteiger partial charge on any atom is 0.279 e. The number of quaternary nitrogens is 1. The van der Waals surface area contributed by atoms with E-state index in [1.165, 1.54) is 0 Å². The first-order valence-corrected chi connectivity index (χ1v) is 7.46. The van der Waals surface area contributed by atoms with Gasteiger partial charge in [-0.15, -0.1) is 0 Å². The average molecular weight is 335 g/mol. The van der Waals surface area contributed by atoms with Gasteiger partial charge in [0.2, 0.25) is 6.79 Å². The van der Waals surface area contributed by atoms with E-state index in [0.29, 0.717) is 18.0 Å². The van der Waals surface area contributed by atoms with Crippen LogP contribution in [0.3, 0.4) is 0 Å². The molecule has 0 bridgehead atoms. The molecule has 0 radical (unpaired) electrons. The zero-order valence-electron chi connectivity index (χ0n) is 13.1. The first-order valence-electron chi connectivity index (χ1n) is 7.46. The SMILES string of the molecule is C[NH+](CC(=O)Nc1cc(F)ccc1F)Cc1ccc2c(c1)OCO2. The van der Waals surface area contributed by atoms with E-state index in [4.69, 9.17) is 9.47 Å². The number of carbonyl (C=O) groups is 1. The molecule has 3 rings (SSSR count). The highest BCUT2D eigenvalue weighted by Gasteiger charge is 2.17. The number of nitrogens with one attached hydrogen (secondary N) is 2. The van der Waals surface area contributed by atoms with E-state index in [1.807, 2.05) is 25.2 Å². The largest absolute Gasteiger partial charge is 0.454 e. The third kappa shape index (κ3) is 3.80. The van der Waals surface area contributed by atoms with Crippen LogP contribution in [0.15, 0.2) is 36.4 Å². The Morgan fingerprint density at radius 1 is 1.17 bits per heavy atom. The van der Waals surface area contributed by atoms with Crippen LogP contribution in [0.5, 0.6) is 11.5 Å². The van der Waals surface area contributed by atoms with Crippen molar-refractivity contribution in [1.82, 2.24) is 0 Å². The molecule has 126 valence electrons. The second-order valence-corrected chi connectivity index (χ2v) is 5.67. The lowest BCUT2D eigenvalue weighted by Crippen LogP contribution is -3.08. The number of amides is 1. The Morgan fingerprint density at radius 2 is 1.96 bits per heavy atom. The summed E-state index contributed by atoms with van der Waals surface area (Å²) in [5, 5.41) is 2.39. The van der Waals surface area contributed by atoms with Crippen molar-refractivity contribution in [2.45, 2.75) is 6.54 Å². The summed E-state index contributed by atoms with van der Waals surface area (Å²) in [7, 11) is 1.84. The monoisotopic (exact) mass is 335 g/mol. The number of likely N-dealkylation sites (N-methyl/N-ethyl adjacent to an activating group) is 1. The summed E-state index contributed by atoms with van der Waals surface area (Å²) >= 11 is 0. The minimum absolute atomic E-state index is 0.115.